The molecule has 8 heteroatoms. The van der Waals surface area contributed by atoms with E-state index in [9.17, 15) is 14.4 Å². The fourth-order valence-electron chi connectivity index (χ4n) is 2.73. The molecule has 7 nitrogen and oxygen atoms in total. The van der Waals surface area contributed by atoms with Crippen LogP contribution in [0.5, 0.6) is 0 Å². The van der Waals surface area contributed by atoms with Gasteiger partial charge in [0.1, 0.15) is 11.7 Å². The van der Waals surface area contributed by atoms with E-state index in [4.69, 9.17) is 5.11 Å². The van der Waals surface area contributed by atoms with E-state index in [1.807, 2.05) is 32.0 Å². The first-order valence-electron chi connectivity index (χ1n) is 8.33. The predicted molar refractivity (Wildman–Crippen MR) is 103 cm³/mol. The van der Waals surface area contributed by atoms with Crippen molar-refractivity contribution in [1.29, 1.82) is 0 Å². The van der Waals surface area contributed by atoms with Crippen LogP contribution >= 0.6 is 11.8 Å². The molecule has 0 saturated carbocycles. The number of pyridine rings is 1. The van der Waals surface area contributed by atoms with Gasteiger partial charge in [-0.3, -0.25) is 14.6 Å². The van der Waals surface area contributed by atoms with Crippen LogP contribution in [0.2, 0.25) is 0 Å². The van der Waals surface area contributed by atoms with Crippen LogP contribution in [0.25, 0.3) is 0 Å². The van der Waals surface area contributed by atoms with Crippen molar-refractivity contribution in [2.24, 2.45) is 0 Å². The molecule has 3 rings (SSSR count). The van der Waals surface area contributed by atoms with Gasteiger partial charge in [0.25, 0.3) is 5.91 Å². The maximum atomic E-state index is 12.8. The molecule has 27 heavy (non-hydrogen) atoms. The lowest BCUT2D eigenvalue weighted by atomic mass is 10.1. The Kier molecular flexibility index (Phi) is 5.46. The van der Waals surface area contributed by atoms with Crippen molar-refractivity contribution in [2.45, 2.75) is 19.9 Å². The summed E-state index contributed by atoms with van der Waals surface area (Å²) in [6.45, 7) is 3.96. The summed E-state index contributed by atoms with van der Waals surface area (Å²) >= 11 is 1.47. The van der Waals surface area contributed by atoms with Crippen LogP contribution in [-0.4, -0.2) is 50.4 Å². The van der Waals surface area contributed by atoms with E-state index in [1.165, 1.54) is 35.0 Å². The minimum Gasteiger partial charge on any atom is -0.478 e. The normalized spacial score (nSPS) is 16.2. The van der Waals surface area contributed by atoms with Gasteiger partial charge in [-0.25, -0.2) is 4.79 Å². The monoisotopic (exact) mass is 385 g/mol. The van der Waals surface area contributed by atoms with Crippen molar-refractivity contribution in [3.8, 4) is 0 Å². The Balaban J connectivity index is 1.77. The van der Waals surface area contributed by atoms with E-state index in [0.29, 0.717) is 17.3 Å². The summed E-state index contributed by atoms with van der Waals surface area (Å²) in [5, 5.41) is 11.9. The lowest BCUT2D eigenvalue weighted by Gasteiger charge is -2.23. The minimum absolute atomic E-state index is 0.0152. The number of carbonyl (C=O) groups is 3. The molecule has 2 N–H and O–H groups in total. The molecule has 1 aliphatic rings. The van der Waals surface area contributed by atoms with Gasteiger partial charge in [-0.1, -0.05) is 6.07 Å². The summed E-state index contributed by atoms with van der Waals surface area (Å²) in [5.74, 6) is -1.04. The van der Waals surface area contributed by atoms with Gasteiger partial charge in [-0.15, -0.1) is 11.8 Å². The summed E-state index contributed by atoms with van der Waals surface area (Å²) in [5.41, 5.74) is 2.87. The van der Waals surface area contributed by atoms with E-state index >= 15 is 0 Å². The molecular formula is C19H19N3O4S. The standard InChI is InChI=1S/C19H19N3O4S/c1-11-3-4-14(7-12(11)2)21-17(23)16-9-27-10-22(16)18(24)15-8-13(19(25)26)5-6-20-15/h3-8,16H,9-10H2,1-2H3,(H,21,23)(H,25,26). The first-order chi connectivity index (χ1) is 12.9. The molecule has 1 unspecified atom stereocenters. The molecule has 1 aromatic carbocycles. The van der Waals surface area contributed by atoms with Crippen LogP contribution < -0.4 is 5.32 Å². The summed E-state index contributed by atoms with van der Waals surface area (Å²) in [4.78, 5) is 42.0. The molecule has 2 amide bonds. The molecule has 1 aromatic heterocycles. The highest BCUT2D eigenvalue weighted by Crippen LogP contribution is 2.24. The van der Waals surface area contributed by atoms with Crippen molar-refractivity contribution in [3.63, 3.8) is 0 Å². The second-order valence-electron chi connectivity index (χ2n) is 6.31. The van der Waals surface area contributed by atoms with Gasteiger partial charge in [0, 0.05) is 17.6 Å². The first kappa shape index (κ1) is 18.9. The van der Waals surface area contributed by atoms with Crippen molar-refractivity contribution in [3.05, 3.63) is 58.9 Å². The zero-order valence-corrected chi connectivity index (χ0v) is 15.7. The van der Waals surface area contributed by atoms with E-state index in [-0.39, 0.29) is 17.2 Å². The van der Waals surface area contributed by atoms with E-state index in [2.05, 4.69) is 10.3 Å². The second kappa shape index (κ2) is 7.79. The number of aryl methyl sites for hydroxylation is 2. The molecule has 1 atom stereocenters. The number of thioether (sulfide) groups is 1. The SMILES string of the molecule is Cc1ccc(NC(=O)C2CSCN2C(=O)c2cc(C(=O)O)ccn2)cc1C. The van der Waals surface area contributed by atoms with Crippen molar-refractivity contribution in [2.75, 3.05) is 16.9 Å². The Bertz CT molecular complexity index is 916. The largest absolute Gasteiger partial charge is 0.478 e. The van der Waals surface area contributed by atoms with Gasteiger partial charge in [-0.05, 0) is 49.2 Å². The number of aromatic carboxylic acids is 1. The zero-order chi connectivity index (χ0) is 19.6. The Morgan fingerprint density at radius 1 is 1.19 bits per heavy atom. The molecule has 2 heterocycles. The zero-order valence-electron chi connectivity index (χ0n) is 14.9. The van der Waals surface area contributed by atoms with E-state index < -0.39 is 17.9 Å². The predicted octanol–water partition coefficient (Wildman–Crippen LogP) is 2.55. The highest BCUT2D eigenvalue weighted by atomic mass is 32.2. The first-order valence-corrected chi connectivity index (χ1v) is 9.48. The summed E-state index contributed by atoms with van der Waals surface area (Å²) in [6.07, 6.45) is 1.28. The minimum atomic E-state index is -1.13. The van der Waals surface area contributed by atoms with Crippen LogP contribution in [-0.2, 0) is 4.79 Å². The smallest absolute Gasteiger partial charge is 0.335 e. The maximum Gasteiger partial charge on any atom is 0.335 e. The molecule has 140 valence electrons. The van der Waals surface area contributed by atoms with Gasteiger partial charge < -0.3 is 15.3 Å². The number of carboxylic acids is 1. The number of nitrogens with zero attached hydrogens (tertiary/aromatic N) is 2. The number of carbonyl (C=O) groups excluding carboxylic acids is 2. The Morgan fingerprint density at radius 3 is 2.67 bits per heavy atom. The average Bonchev–Trinajstić information content (AvgIpc) is 3.14. The highest BCUT2D eigenvalue weighted by molar-refractivity contribution is 7.99. The van der Waals surface area contributed by atoms with Crippen molar-refractivity contribution < 1.29 is 19.5 Å². The van der Waals surface area contributed by atoms with Gasteiger partial charge >= 0.3 is 5.97 Å². The van der Waals surface area contributed by atoms with Crippen LogP contribution in [0.1, 0.15) is 32.0 Å². The fourth-order valence-corrected chi connectivity index (χ4v) is 3.89. The Labute approximate surface area is 160 Å². The van der Waals surface area contributed by atoms with Crippen LogP contribution in [0.15, 0.2) is 36.5 Å². The van der Waals surface area contributed by atoms with Gasteiger partial charge in [0.2, 0.25) is 5.91 Å². The molecule has 0 bridgehead atoms. The van der Waals surface area contributed by atoms with Gasteiger partial charge in [-0.2, -0.15) is 0 Å². The average molecular weight is 385 g/mol. The molecule has 1 fully saturated rings. The number of amides is 2. The maximum absolute atomic E-state index is 12.8. The number of nitrogens with one attached hydrogen (secondary N) is 1. The van der Waals surface area contributed by atoms with Crippen LogP contribution in [0.3, 0.4) is 0 Å². The number of anilines is 1. The Hall–Kier alpha value is -2.87. The molecule has 1 saturated heterocycles. The summed E-state index contributed by atoms with van der Waals surface area (Å²) in [6, 6.07) is 7.55. The Morgan fingerprint density at radius 2 is 1.96 bits per heavy atom. The number of aromatic nitrogens is 1. The van der Waals surface area contributed by atoms with Crippen molar-refractivity contribution >= 4 is 35.2 Å². The lowest BCUT2D eigenvalue weighted by molar-refractivity contribution is -0.119. The topological polar surface area (TPSA) is 99.6 Å². The summed E-state index contributed by atoms with van der Waals surface area (Å²) in [7, 11) is 0. The van der Waals surface area contributed by atoms with E-state index in [0.717, 1.165) is 11.1 Å². The third-order valence-corrected chi connectivity index (χ3v) is 5.46. The number of benzene rings is 1. The van der Waals surface area contributed by atoms with Gasteiger partial charge in [0.05, 0.1) is 11.4 Å². The highest BCUT2D eigenvalue weighted by Gasteiger charge is 2.35. The molecule has 0 aliphatic carbocycles. The second-order valence-corrected chi connectivity index (χ2v) is 7.31. The third-order valence-electron chi connectivity index (χ3n) is 4.45. The van der Waals surface area contributed by atoms with E-state index in [1.54, 1.807) is 0 Å². The van der Waals surface area contributed by atoms with Crippen LogP contribution in [0.4, 0.5) is 5.69 Å². The third kappa shape index (κ3) is 4.11. The summed E-state index contributed by atoms with van der Waals surface area (Å²) < 4.78 is 0. The number of carboxylic acid groups (broad SMARTS) is 1. The lowest BCUT2D eigenvalue weighted by Crippen LogP contribution is -2.44. The number of hydrogen-bond donors (Lipinski definition) is 2. The molecule has 2 aromatic rings. The number of rotatable bonds is 4. The molecular weight excluding hydrogens is 366 g/mol. The fraction of sp³-hybridized carbons (Fsp3) is 0.263. The van der Waals surface area contributed by atoms with Crippen LogP contribution in [0, 0.1) is 13.8 Å². The molecule has 1 aliphatic heterocycles. The molecule has 0 radical (unpaired) electrons. The quantitative estimate of drug-likeness (QED) is 0.839. The molecule has 0 spiro atoms. The van der Waals surface area contributed by atoms with Crippen molar-refractivity contribution in [1.82, 2.24) is 9.88 Å². The number of hydrogen-bond acceptors (Lipinski definition) is 5. The van der Waals surface area contributed by atoms with Gasteiger partial charge in [0.15, 0.2) is 0 Å².